The molecule has 0 aromatic carbocycles. The maximum absolute atomic E-state index is 9.00. The van der Waals surface area contributed by atoms with Crippen molar-refractivity contribution >= 4 is 5.97 Å². The third kappa shape index (κ3) is 39.5. The highest BCUT2D eigenvalue weighted by molar-refractivity contribution is 5.62. The van der Waals surface area contributed by atoms with Gasteiger partial charge in [0.15, 0.2) is 0 Å². The van der Waals surface area contributed by atoms with Gasteiger partial charge in [-0.25, -0.2) is 0 Å². The number of carboxylic acids is 1. The van der Waals surface area contributed by atoms with Crippen molar-refractivity contribution in [2.45, 2.75) is 252 Å². The SMILES string of the molecule is CC(=O)O.CCCCCCCCCCCCC(CCCN)(CCCCCCCCCCCC)CCCCCCCCCCCC. The van der Waals surface area contributed by atoms with Crippen LogP contribution >= 0.6 is 0 Å². The van der Waals surface area contributed by atoms with Gasteiger partial charge in [-0.3, -0.25) is 4.79 Å². The van der Waals surface area contributed by atoms with Gasteiger partial charge in [0.05, 0.1) is 0 Å². The van der Waals surface area contributed by atoms with Crippen LogP contribution in [0.3, 0.4) is 0 Å². The number of unbranched alkanes of at least 4 members (excludes halogenated alkanes) is 27. The summed E-state index contributed by atoms with van der Waals surface area (Å²) < 4.78 is 0. The monoisotopic (exact) mass is 638 g/mol. The van der Waals surface area contributed by atoms with Gasteiger partial charge in [-0.05, 0) is 44.1 Å². The fraction of sp³-hybridized carbons (Fsp3) is 0.976. The Hall–Kier alpha value is -0.570. The molecular formula is C42H87NO2. The Morgan fingerprint density at radius 2 is 0.578 bits per heavy atom. The molecule has 0 saturated heterocycles. The van der Waals surface area contributed by atoms with Crippen LogP contribution in [0.2, 0.25) is 0 Å². The molecule has 272 valence electrons. The van der Waals surface area contributed by atoms with Crippen LogP contribution in [0.25, 0.3) is 0 Å². The van der Waals surface area contributed by atoms with E-state index in [1.807, 2.05) is 0 Å². The molecule has 0 fully saturated rings. The lowest BCUT2D eigenvalue weighted by molar-refractivity contribution is -0.134. The zero-order valence-electron chi connectivity index (χ0n) is 31.9. The molecule has 3 heteroatoms. The number of carbonyl (C=O) groups is 1. The van der Waals surface area contributed by atoms with E-state index in [0.717, 1.165) is 13.5 Å². The van der Waals surface area contributed by atoms with Gasteiger partial charge in [-0.15, -0.1) is 0 Å². The number of hydrogen-bond acceptors (Lipinski definition) is 2. The van der Waals surface area contributed by atoms with E-state index in [9.17, 15) is 0 Å². The van der Waals surface area contributed by atoms with Gasteiger partial charge in [-0.1, -0.05) is 213 Å². The summed E-state index contributed by atoms with van der Waals surface area (Å²) in [6.45, 7) is 8.93. The number of hydrogen-bond donors (Lipinski definition) is 2. The summed E-state index contributed by atoms with van der Waals surface area (Å²) in [6.07, 6.45) is 50.7. The van der Waals surface area contributed by atoms with Crippen molar-refractivity contribution in [3.8, 4) is 0 Å². The van der Waals surface area contributed by atoms with Crippen LogP contribution in [0.15, 0.2) is 0 Å². The van der Waals surface area contributed by atoms with Gasteiger partial charge < -0.3 is 10.8 Å². The lowest BCUT2D eigenvalue weighted by atomic mass is 9.71. The third-order valence-electron chi connectivity index (χ3n) is 10.1. The first-order valence-corrected chi connectivity index (χ1v) is 20.9. The molecule has 0 saturated carbocycles. The molecule has 0 rings (SSSR count). The third-order valence-corrected chi connectivity index (χ3v) is 10.1. The highest BCUT2D eigenvalue weighted by atomic mass is 16.4. The maximum atomic E-state index is 9.00. The molecule has 3 nitrogen and oxygen atoms in total. The molecule has 0 aliphatic carbocycles. The standard InChI is InChI=1S/C40H83N.C2H4O2/c1-4-7-10-13-16-19-22-25-28-31-35-40(38-34-39-41,36-32-29-26-23-20-17-14-11-8-5-2)37-33-30-27-24-21-18-15-12-9-6-3;1-2(3)4/h4-39,41H2,1-3H3;1H3,(H,3,4). The number of aliphatic carboxylic acids is 1. The largest absolute Gasteiger partial charge is 0.481 e. The molecule has 3 N–H and O–H groups in total. The lowest BCUT2D eigenvalue weighted by Crippen LogP contribution is -2.23. The molecule has 0 aromatic heterocycles. The van der Waals surface area contributed by atoms with Crippen molar-refractivity contribution in [1.82, 2.24) is 0 Å². The average molecular weight is 638 g/mol. The Morgan fingerprint density at radius 3 is 0.778 bits per heavy atom. The van der Waals surface area contributed by atoms with Crippen LogP contribution in [0, 0.1) is 5.41 Å². The highest BCUT2D eigenvalue weighted by Gasteiger charge is 2.28. The van der Waals surface area contributed by atoms with Crippen molar-refractivity contribution in [3.05, 3.63) is 0 Å². The molecule has 0 aromatic rings. The normalized spacial score (nSPS) is 11.5. The van der Waals surface area contributed by atoms with Gasteiger partial charge in [0.2, 0.25) is 0 Å². The van der Waals surface area contributed by atoms with Gasteiger partial charge in [-0.2, -0.15) is 0 Å². The van der Waals surface area contributed by atoms with Crippen molar-refractivity contribution in [1.29, 1.82) is 0 Å². The van der Waals surface area contributed by atoms with Crippen molar-refractivity contribution in [2.24, 2.45) is 11.1 Å². The summed E-state index contributed by atoms with van der Waals surface area (Å²) in [5, 5.41) is 7.42. The first kappa shape index (κ1) is 46.5. The fourth-order valence-corrected chi connectivity index (χ4v) is 7.19. The van der Waals surface area contributed by atoms with Crippen molar-refractivity contribution in [2.75, 3.05) is 6.54 Å². The van der Waals surface area contributed by atoms with Crippen LogP contribution in [0.5, 0.6) is 0 Å². The molecule has 0 radical (unpaired) electrons. The van der Waals surface area contributed by atoms with Crippen LogP contribution in [-0.2, 0) is 4.79 Å². The Balaban J connectivity index is 0. The van der Waals surface area contributed by atoms with E-state index in [0.29, 0.717) is 5.41 Å². The number of carboxylic acid groups (broad SMARTS) is 1. The maximum Gasteiger partial charge on any atom is 0.300 e. The summed E-state index contributed by atoms with van der Waals surface area (Å²) in [7, 11) is 0. The lowest BCUT2D eigenvalue weighted by Gasteiger charge is -2.35. The quantitative estimate of drug-likeness (QED) is 0.0672. The molecule has 0 heterocycles. The van der Waals surface area contributed by atoms with E-state index in [1.54, 1.807) is 0 Å². The second-order valence-electron chi connectivity index (χ2n) is 14.7. The Bertz CT molecular complexity index is 485. The molecule has 0 bridgehead atoms. The molecular weight excluding hydrogens is 550 g/mol. The topological polar surface area (TPSA) is 63.3 Å². The molecule has 0 spiro atoms. The minimum Gasteiger partial charge on any atom is -0.481 e. The summed E-state index contributed by atoms with van der Waals surface area (Å²) >= 11 is 0. The molecule has 0 amide bonds. The molecule has 45 heavy (non-hydrogen) atoms. The van der Waals surface area contributed by atoms with Gasteiger partial charge in [0.25, 0.3) is 5.97 Å². The van der Waals surface area contributed by atoms with E-state index in [2.05, 4.69) is 20.8 Å². The minimum atomic E-state index is -0.833. The van der Waals surface area contributed by atoms with Crippen molar-refractivity contribution < 1.29 is 9.90 Å². The van der Waals surface area contributed by atoms with E-state index in [1.165, 1.54) is 225 Å². The number of nitrogens with two attached hydrogens (primary N) is 1. The van der Waals surface area contributed by atoms with Gasteiger partial charge in [0.1, 0.15) is 0 Å². The smallest absolute Gasteiger partial charge is 0.300 e. The first-order valence-electron chi connectivity index (χ1n) is 20.9. The molecule has 0 aliphatic heterocycles. The van der Waals surface area contributed by atoms with Crippen LogP contribution < -0.4 is 5.73 Å². The summed E-state index contributed by atoms with van der Waals surface area (Å²) in [4.78, 5) is 9.00. The minimum absolute atomic E-state index is 0.597. The molecule has 0 unspecified atom stereocenters. The predicted octanol–water partition coefficient (Wildman–Crippen LogP) is 14.7. The Morgan fingerprint density at radius 1 is 0.400 bits per heavy atom. The zero-order chi connectivity index (χ0) is 33.5. The summed E-state index contributed by atoms with van der Waals surface area (Å²) in [5.41, 5.74) is 6.69. The van der Waals surface area contributed by atoms with Crippen LogP contribution in [-0.4, -0.2) is 17.6 Å². The van der Waals surface area contributed by atoms with E-state index in [-0.39, 0.29) is 0 Å². The summed E-state index contributed by atoms with van der Waals surface area (Å²) in [5.74, 6) is -0.833. The van der Waals surface area contributed by atoms with Gasteiger partial charge >= 0.3 is 0 Å². The van der Waals surface area contributed by atoms with Crippen LogP contribution in [0.4, 0.5) is 0 Å². The Labute approximate surface area is 285 Å². The average Bonchev–Trinajstić information content (AvgIpc) is 3.02. The van der Waals surface area contributed by atoms with Gasteiger partial charge in [0, 0.05) is 6.92 Å². The number of rotatable bonds is 36. The highest BCUT2D eigenvalue weighted by Crippen LogP contribution is 2.41. The van der Waals surface area contributed by atoms with E-state index >= 15 is 0 Å². The summed E-state index contributed by atoms with van der Waals surface area (Å²) in [6, 6.07) is 0. The molecule has 0 aliphatic rings. The second kappa shape index (κ2) is 39.6. The Kier molecular flexibility index (Phi) is 41.0. The van der Waals surface area contributed by atoms with E-state index in [4.69, 9.17) is 15.6 Å². The zero-order valence-corrected chi connectivity index (χ0v) is 31.9. The second-order valence-corrected chi connectivity index (χ2v) is 14.7. The van der Waals surface area contributed by atoms with Crippen molar-refractivity contribution in [3.63, 3.8) is 0 Å². The van der Waals surface area contributed by atoms with Crippen LogP contribution in [0.1, 0.15) is 252 Å². The molecule has 0 atom stereocenters. The van der Waals surface area contributed by atoms with E-state index < -0.39 is 5.97 Å². The predicted molar refractivity (Wildman–Crippen MR) is 203 cm³/mol. The first-order chi connectivity index (χ1) is 22.0. The fourth-order valence-electron chi connectivity index (χ4n) is 7.19.